The maximum Gasteiger partial charge on any atom is 0.335 e. The molecule has 0 aliphatic carbocycles. The molecule has 100 valence electrons. The van der Waals surface area contributed by atoms with E-state index in [0.717, 1.165) is 11.3 Å². The van der Waals surface area contributed by atoms with Crippen molar-refractivity contribution < 1.29 is 14.6 Å². The first-order valence-corrected chi connectivity index (χ1v) is 5.99. The summed E-state index contributed by atoms with van der Waals surface area (Å²) < 4.78 is 6.88. The van der Waals surface area contributed by atoms with Gasteiger partial charge in [-0.15, -0.1) is 0 Å². The van der Waals surface area contributed by atoms with Crippen LogP contribution in [0.4, 0.5) is 0 Å². The molecule has 19 heavy (non-hydrogen) atoms. The van der Waals surface area contributed by atoms with E-state index in [2.05, 4.69) is 5.10 Å². The highest BCUT2D eigenvalue weighted by molar-refractivity contribution is 6.31. The summed E-state index contributed by atoms with van der Waals surface area (Å²) in [5.41, 5.74) is 1.68. The highest BCUT2D eigenvalue weighted by Gasteiger charge is 2.11. The minimum atomic E-state index is -0.974. The van der Waals surface area contributed by atoms with Crippen molar-refractivity contribution in [2.45, 2.75) is 13.5 Å². The quantitative estimate of drug-likeness (QED) is 0.935. The molecule has 0 unspecified atom stereocenters. The van der Waals surface area contributed by atoms with E-state index in [1.165, 1.54) is 6.07 Å². The van der Waals surface area contributed by atoms with Gasteiger partial charge in [0, 0.05) is 11.8 Å². The molecule has 0 atom stereocenters. The Labute approximate surface area is 115 Å². The molecule has 1 aromatic heterocycles. The molecule has 1 heterocycles. The first-order chi connectivity index (χ1) is 9.01. The van der Waals surface area contributed by atoms with Crippen LogP contribution in [0.15, 0.2) is 24.4 Å². The summed E-state index contributed by atoms with van der Waals surface area (Å²) in [4.78, 5) is 11.0. The second-order valence-corrected chi connectivity index (χ2v) is 4.50. The van der Waals surface area contributed by atoms with Crippen LogP contribution < -0.4 is 4.74 Å². The molecular weight excluding hydrogens is 268 g/mol. The van der Waals surface area contributed by atoms with Gasteiger partial charge in [-0.25, -0.2) is 4.79 Å². The molecule has 1 aromatic carbocycles. The van der Waals surface area contributed by atoms with E-state index < -0.39 is 5.97 Å². The summed E-state index contributed by atoms with van der Waals surface area (Å²) in [6.45, 7) is 2.21. The lowest BCUT2D eigenvalue weighted by molar-refractivity contribution is 0.0696. The maximum atomic E-state index is 11.0. The molecule has 2 aromatic rings. The Morgan fingerprint density at radius 1 is 1.53 bits per heavy atom. The highest BCUT2D eigenvalue weighted by Crippen LogP contribution is 2.22. The number of aryl methyl sites for hydroxylation is 1. The predicted molar refractivity (Wildman–Crippen MR) is 71.0 cm³/mol. The van der Waals surface area contributed by atoms with Crippen LogP contribution in [0.25, 0.3) is 0 Å². The Bertz CT molecular complexity index is 603. The largest absolute Gasteiger partial charge is 0.496 e. The molecule has 0 bridgehead atoms. The fourth-order valence-corrected chi connectivity index (χ4v) is 1.93. The van der Waals surface area contributed by atoms with Crippen molar-refractivity contribution in [2.75, 3.05) is 7.11 Å². The van der Waals surface area contributed by atoms with Crippen LogP contribution in [0.1, 0.15) is 21.6 Å². The number of methoxy groups -OCH3 is 1. The lowest BCUT2D eigenvalue weighted by atomic mass is 10.1. The standard InChI is InChI=1S/C13H13ClN2O3/c1-8-11(14)7-16(15-8)6-10-5-9(13(17)18)3-4-12(10)19-2/h3-5,7H,6H2,1-2H3,(H,17,18). The highest BCUT2D eigenvalue weighted by atomic mass is 35.5. The van der Waals surface area contributed by atoms with E-state index in [0.29, 0.717) is 17.3 Å². The van der Waals surface area contributed by atoms with Crippen LogP contribution in [0.3, 0.4) is 0 Å². The number of ether oxygens (including phenoxy) is 1. The van der Waals surface area contributed by atoms with Gasteiger partial charge in [0.15, 0.2) is 0 Å². The van der Waals surface area contributed by atoms with Crippen molar-refractivity contribution in [3.8, 4) is 5.75 Å². The molecule has 1 N–H and O–H groups in total. The molecule has 0 saturated heterocycles. The van der Waals surface area contributed by atoms with Crippen LogP contribution in [-0.2, 0) is 6.54 Å². The number of carbonyl (C=O) groups is 1. The van der Waals surface area contributed by atoms with Crippen molar-refractivity contribution in [1.29, 1.82) is 0 Å². The topological polar surface area (TPSA) is 64.3 Å². The summed E-state index contributed by atoms with van der Waals surface area (Å²) in [5, 5.41) is 13.8. The average molecular weight is 281 g/mol. The lowest BCUT2D eigenvalue weighted by Gasteiger charge is -2.09. The van der Waals surface area contributed by atoms with Crippen LogP contribution in [0.5, 0.6) is 5.75 Å². The molecule has 2 rings (SSSR count). The fourth-order valence-electron chi connectivity index (χ4n) is 1.78. The second kappa shape index (κ2) is 5.32. The zero-order chi connectivity index (χ0) is 14.0. The van der Waals surface area contributed by atoms with Crippen molar-refractivity contribution in [2.24, 2.45) is 0 Å². The van der Waals surface area contributed by atoms with Gasteiger partial charge in [0.2, 0.25) is 0 Å². The molecule has 6 heteroatoms. The number of aromatic nitrogens is 2. The van der Waals surface area contributed by atoms with Crippen LogP contribution in [-0.4, -0.2) is 28.0 Å². The number of benzene rings is 1. The van der Waals surface area contributed by atoms with E-state index in [9.17, 15) is 4.79 Å². The number of carboxylic acids is 1. The van der Waals surface area contributed by atoms with E-state index in [-0.39, 0.29) is 5.56 Å². The van der Waals surface area contributed by atoms with Gasteiger partial charge in [-0.3, -0.25) is 4.68 Å². The Kier molecular flexibility index (Phi) is 3.76. The fraction of sp³-hybridized carbons (Fsp3) is 0.231. The third kappa shape index (κ3) is 2.88. The number of halogens is 1. The molecule has 0 radical (unpaired) electrons. The summed E-state index contributed by atoms with van der Waals surface area (Å²) in [6, 6.07) is 4.72. The predicted octanol–water partition coefficient (Wildman–Crippen LogP) is 2.60. The van der Waals surface area contributed by atoms with E-state index in [4.69, 9.17) is 21.4 Å². The SMILES string of the molecule is COc1ccc(C(=O)O)cc1Cn1cc(Cl)c(C)n1. The molecular formula is C13H13ClN2O3. The van der Waals surface area contributed by atoms with E-state index in [1.54, 1.807) is 30.1 Å². The third-order valence-corrected chi connectivity index (χ3v) is 3.12. The first kappa shape index (κ1) is 13.4. The smallest absolute Gasteiger partial charge is 0.335 e. The summed E-state index contributed by atoms with van der Waals surface area (Å²) in [5.74, 6) is -0.354. The number of hydrogen-bond acceptors (Lipinski definition) is 3. The lowest BCUT2D eigenvalue weighted by Crippen LogP contribution is -2.05. The first-order valence-electron chi connectivity index (χ1n) is 5.61. The Morgan fingerprint density at radius 3 is 2.79 bits per heavy atom. The Hall–Kier alpha value is -2.01. The Balaban J connectivity index is 2.36. The van der Waals surface area contributed by atoms with Gasteiger partial charge in [-0.2, -0.15) is 5.10 Å². The number of rotatable bonds is 4. The van der Waals surface area contributed by atoms with Gasteiger partial charge in [-0.1, -0.05) is 11.6 Å². The minimum absolute atomic E-state index is 0.214. The molecule has 0 spiro atoms. The summed E-state index contributed by atoms with van der Waals surface area (Å²) >= 11 is 5.94. The van der Waals surface area contributed by atoms with Gasteiger partial charge in [0.1, 0.15) is 5.75 Å². The van der Waals surface area contributed by atoms with Gasteiger partial charge in [-0.05, 0) is 25.1 Å². The number of hydrogen-bond donors (Lipinski definition) is 1. The van der Waals surface area contributed by atoms with Gasteiger partial charge >= 0.3 is 5.97 Å². The van der Waals surface area contributed by atoms with Crippen molar-refractivity contribution >= 4 is 17.6 Å². The minimum Gasteiger partial charge on any atom is -0.496 e. The molecule has 5 nitrogen and oxygen atoms in total. The molecule has 0 aliphatic heterocycles. The van der Waals surface area contributed by atoms with Crippen molar-refractivity contribution in [1.82, 2.24) is 9.78 Å². The maximum absolute atomic E-state index is 11.0. The second-order valence-electron chi connectivity index (χ2n) is 4.09. The van der Waals surface area contributed by atoms with Gasteiger partial charge in [0.25, 0.3) is 0 Å². The Morgan fingerprint density at radius 2 is 2.26 bits per heavy atom. The normalized spacial score (nSPS) is 10.5. The van der Waals surface area contributed by atoms with Crippen molar-refractivity contribution in [3.63, 3.8) is 0 Å². The van der Waals surface area contributed by atoms with Gasteiger partial charge < -0.3 is 9.84 Å². The summed E-state index contributed by atoms with van der Waals surface area (Å²) in [7, 11) is 1.54. The molecule has 0 amide bonds. The van der Waals surface area contributed by atoms with Crippen molar-refractivity contribution in [3.05, 3.63) is 46.2 Å². The van der Waals surface area contributed by atoms with Crippen LogP contribution in [0, 0.1) is 6.92 Å². The average Bonchev–Trinajstić information content (AvgIpc) is 2.68. The van der Waals surface area contributed by atoms with Crippen LogP contribution in [0.2, 0.25) is 5.02 Å². The van der Waals surface area contributed by atoms with E-state index >= 15 is 0 Å². The summed E-state index contributed by atoms with van der Waals surface area (Å²) in [6.07, 6.45) is 1.70. The van der Waals surface area contributed by atoms with E-state index in [1.807, 2.05) is 6.92 Å². The number of carboxylic acid groups (broad SMARTS) is 1. The number of nitrogens with zero attached hydrogens (tertiary/aromatic N) is 2. The number of aromatic carboxylic acids is 1. The monoisotopic (exact) mass is 280 g/mol. The van der Waals surface area contributed by atoms with Crippen LogP contribution >= 0.6 is 11.6 Å². The molecule has 0 aliphatic rings. The molecule has 0 saturated carbocycles. The zero-order valence-corrected chi connectivity index (χ0v) is 11.3. The third-order valence-electron chi connectivity index (χ3n) is 2.75. The zero-order valence-electron chi connectivity index (χ0n) is 10.6. The molecule has 0 fully saturated rings. The van der Waals surface area contributed by atoms with Gasteiger partial charge in [0.05, 0.1) is 29.9 Å².